The first kappa shape index (κ1) is 17.1. The van der Waals surface area contributed by atoms with Crippen LogP contribution in [0.15, 0.2) is 0 Å². The summed E-state index contributed by atoms with van der Waals surface area (Å²) in [6.07, 6.45) is 0.805. The first-order chi connectivity index (χ1) is 9.90. The average Bonchev–Trinajstić information content (AvgIpc) is 2.66. The van der Waals surface area contributed by atoms with Gasteiger partial charge in [-0.1, -0.05) is 6.92 Å². The molecule has 0 aromatic heterocycles. The molecule has 1 saturated heterocycles. The van der Waals surface area contributed by atoms with Crippen molar-refractivity contribution in [2.24, 2.45) is 0 Å². The fourth-order valence-electron chi connectivity index (χ4n) is 2.21. The van der Waals surface area contributed by atoms with Crippen molar-refractivity contribution in [3.05, 3.63) is 0 Å². The molecular weight excluding hydrogens is 276 g/mol. The zero-order valence-corrected chi connectivity index (χ0v) is 12.6. The number of imide groups is 2. The second kappa shape index (κ2) is 7.72. The van der Waals surface area contributed by atoms with Gasteiger partial charge in [0.15, 0.2) is 0 Å². The predicted octanol–water partition coefficient (Wildman–Crippen LogP) is -0.699. The van der Waals surface area contributed by atoms with Gasteiger partial charge in [-0.2, -0.15) is 0 Å². The van der Waals surface area contributed by atoms with Gasteiger partial charge in [0, 0.05) is 13.6 Å². The lowest BCUT2D eigenvalue weighted by Gasteiger charge is -2.25. The summed E-state index contributed by atoms with van der Waals surface area (Å²) in [5, 5.41) is 4.65. The number of likely N-dealkylation sites (N-methyl/N-ethyl adjacent to an activating group) is 1. The Morgan fingerprint density at radius 3 is 2.48 bits per heavy atom. The largest absolute Gasteiger partial charge is 0.338 e. The summed E-state index contributed by atoms with van der Waals surface area (Å²) in [6, 6.07) is -1.19. The Kier molecular flexibility index (Phi) is 6.29. The van der Waals surface area contributed by atoms with Crippen molar-refractivity contribution >= 4 is 23.8 Å². The zero-order chi connectivity index (χ0) is 16.0. The first-order valence-corrected chi connectivity index (χ1v) is 7.02. The maximum absolute atomic E-state index is 12.0. The van der Waals surface area contributed by atoms with Gasteiger partial charge in [0.05, 0.1) is 19.0 Å². The minimum Gasteiger partial charge on any atom is -0.338 e. The molecule has 1 aliphatic heterocycles. The van der Waals surface area contributed by atoms with Crippen LogP contribution < -0.4 is 10.6 Å². The number of hydrogen-bond acceptors (Lipinski definition) is 5. The van der Waals surface area contributed by atoms with E-state index in [4.69, 9.17) is 0 Å². The van der Waals surface area contributed by atoms with Gasteiger partial charge in [0.2, 0.25) is 17.7 Å². The lowest BCUT2D eigenvalue weighted by Crippen LogP contribution is -2.49. The van der Waals surface area contributed by atoms with Crippen LogP contribution in [-0.2, 0) is 14.4 Å². The van der Waals surface area contributed by atoms with Crippen molar-refractivity contribution in [3.8, 4) is 0 Å². The van der Waals surface area contributed by atoms with Gasteiger partial charge in [0.1, 0.15) is 0 Å². The van der Waals surface area contributed by atoms with Crippen LogP contribution in [0.4, 0.5) is 4.79 Å². The van der Waals surface area contributed by atoms with Crippen LogP contribution in [-0.4, -0.2) is 66.3 Å². The number of likely N-dealkylation sites (tertiary alicyclic amines) is 1. The number of carbonyl (C=O) groups excluding carboxylic acids is 4. The van der Waals surface area contributed by atoms with Gasteiger partial charge in [-0.25, -0.2) is 4.79 Å². The number of rotatable bonds is 6. The molecule has 1 atom stereocenters. The third kappa shape index (κ3) is 4.52. The Morgan fingerprint density at radius 2 is 2.00 bits per heavy atom. The number of amides is 5. The van der Waals surface area contributed by atoms with Crippen LogP contribution >= 0.6 is 0 Å². The molecule has 0 aromatic carbocycles. The summed E-state index contributed by atoms with van der Waals surface area (Å²) in [6.45, 7) is 4.48. The van der Waals surface area contributed by atoms with Crippen LogP contribution in [0, 0.1) is 0 Å². The highest BCUT2D eigenvalue weighted by Crippen LogP contribution is 2.17. The summed E-state index contributed by atoms with van der Waals surface area (Å²) in [5.41, 5.74) is 0. The quantitative estimate of drug-likeness (QED) is 0.632. The van der Waals surface area contributed by atoms with E-state index in [0.29, 0.717) is 13.1 Å². The Hall–Kier alpha value is -1.96. The summed E-state index contributed by atoms with van der Waals surface area (Å²) in [5.74, 6) is -1.06. The third-order valence-electron chi connectivity index (χ3n) is 3.25. The van der Waals surface area contributed by atoms with E-state index in [-0.39, 0.29) is 24.8 Å². The maximum atomic E-state index is 12.0. The summed E-state index contributed by atoms with van der Waals surface area (Å²) in [7, 11) is 1.43. The van der Waals surface area contributed by atoms with E-state index in [1.807, 2.05) is 6.92 Å². The molecule has 8 nitrogen and oxygen atoms in total. The molecule has 0 radical (unpaired) electrons. The first-order valence-electron chi connectivity index (χ1n) is 7.02. The highest BCUT2D eigenvalue weighted by molar-refractivity contribution is 6.05. The average molecular weight is 298 g/mol. The van der Waals surface area contributed by atoms with E-state index >= 15 is 0 Å². The monoisotopic (exact) mass is 298 g/mol. The molecule has 118 valence electrons. The van der Waals surface area contributed by atoms with Crippen LogP contribution in [0.3, 0.4) is 0 Å². The van der Waals surface area contributed by atoms with Crippen LogP contribution in [0.2, 0.25) is 0 Å². The van der Waals surface area contributed by atoms with E-state index in [1.165, 1.54) is 7.05 Å². The molecule has 0 aliphatic carbocycles. The highest BCUT2D eigenvalue weighted by atomic mass is 16.2. The zero-order valence-electron chi connectivity index (χ0n) is 12.6. The maximum Gasteiger partial charge on any atom is 0.321 e. The third-order valence-corrected chi connectivity index (χ3v) is 3.25. The Labute approximate surface area is 123 Å². The van der Waals surface area contributed by atoms with Crippen molar-refractivity contribution in [2.75, 3.05) is 26.7 Å². The summed E-state index contributed by atoms with van der Waals surface area (Å²) < 4.78 is 0. The second-order valence-corrected chi connectivity index (χ2v) is 4.89. The van der Waals surface area contributed by atoms with Crippen LogP contribution in [0.1, 0.15) is 26.7 Å². The minimum atomic E-state index is -0.623. The predicted molar refractivity (Wildman–Crippen MR) is 75.3 cm³/mol. The van der Waals surface area contributed by atoms with Crippen molar-refractivity contribution in [2.45, 2.75) is 32.7 Å². The molecule has 0 aromatic rings. The molecule has 0 spiro atoms. The van der Waals surface area contributed by atoms with Crippen molar-refractivity contribution in [3.63, 3.8) is 0 Å². The minimum absolute atomic E-state index is 0.0732. The molecule has 8 heteroatoms. The molecule has 1 heterocycles. The summed E-state index contributed by atoms with van der Waals surface area (Å²) in [4.78, 5) is 49.4. The number of carbonyl (C=O) groups is 4. The molecular formula is C13H22N4O4. The number of hydrogen-bond donors (Lipinski definition) is 2. The van der Waals surface area contributed by atoms with Crippen LogP contribution in [0.25, 0.3) is 0 Å². The fourth-order valence-corrected chi connectivity index (χ4v) is 2.21. The molecule has 21 heavy (non-hydrogen) atoms. The number of urea groups is 1. The van der Waals surface area contributed by atoms with Gasteiger partial charge >= 0.3 is 6.03 Å². The number of nitrogens with one attached hydrogen (secondary N) is 2. The van der Waals surface area contributed by atoms with Gasteiger partial charge < -0.3 is 5.32 Å². The molecule has 2 N–H and O–H groups in total. The lowest BCUT2D eigenvalue weighted by atomic mass is 10.2. The lowest BCUT2D eigenvalue weighted by molar-refractivity contribution is -0.138. The van der Waals surface area contributed by atoms with E-state index in [1.54, 1.807) is 11.8 Å². The molecule has 0 saturated carbocycles. The van der Waals surface area contributed by atoms with E-state index < -0.39 is 18.0 Å². The topological polar surface area (TPSA) is 98.8 Å². The van der Waals surface area contributed by atoms with Gasteiger partial charge in [-0.05, 0) is 19.9 Å². The van der Waals surface area contributed by atoms with Crippen molar-refractivity contribution < 1.29 is 19.2 Å². The van der Waals surface area contributed by atoms with Crippen molar-refractivity contribution in [1.82, 2.24) is 20.4 Å². The molecule has 1 rings (SSSR count). The fraction of sp³-hybridized carbons (Fsp3) is 0.692. The van der Waals surface area contributed by atoms with E-state index in [0.717, 1.165) is 11.3 Å². The normalized spacial score (nSPS) is 18.3. The van der Waals surface area contributed by atoms with Gasteiger partial charge in [0.25, 0.3) is 0 Å². The Balaban J connectivity index is 2.66. The SMILES string of the molecule is CCCN(CC(=O)NC(=O)NCC)[C@@H]1CC(=O)N(C)C1=O. The summed E-state index contributed by atoms with van der Waals surface area (Å²) >= 11 is 0. The Morgan fingerprint density at radius 1 is 1.33 bits per heavy atom. The van der Waals surface area contributed by atoms with Gasteiger partial charge in [-0.15, -0.1) is 0 Å². The van der Waals surface area contributed by atoms with Gasteiger partial charge in [-0.3, -0.25) is 29.5 Å². The molecule has 0 unspecified atom stereocenters. The standard InChI is InChI=1S/C13H22N4O4/c1-4-6-17(8-10(18)15-13(21)14-5-2)9-7-11(19)16(3)12(9)20/h9H,4-8H2,1-3H3,(H2,14,15,18,21)/t9-/m1/s1. The highest BCUT2D eigenvalue weighted by Gasteiger charge is 2.40. The van der Waals surface area contributed by atoms with E-state index in [2.05, 4.69) is 10.6 Å². The van der Waals surface area contributed by atoms with Crippen molar-refractivity contribution in [1.29, 1.82) is 0 Å². The van der Waals surface area contributed by atoms with E-state index in [9.17, 15) is 19.2 Å². The molecule has 1 aliphatic rings. The molecule has 0 bridgehead atoms. The van der Waals surface area contributed by atoms with Crippen LogP contribution in [0.5, 0.6) is 0 Å². The smallest absolute Gasteiger partial charge is 0.321 e. The Bertz CT molecular complexity index is 438. The molecule has 5 amide bonds. The molecule has 1 fully saturated rings. The number of nitrogens with zero attached hydrogens (tertiary/aromatic N) is 2. The second-order valence-electron chi connectivity index (χ2n) is 4.89.